The molecular formula is C26H21N7O3. The first-order valence-electron chi connectivity index (χ1n) is 11.1. The number of nitrogens with zero attached hydrogens (tertiary/aromatic N) is 5. The number of carbonyl (C=O) groups excluding carboxylic acids is 2. The van der Waals surface area contributed by atoms with Crippen LogP contribution in [-0.4, -0.2) is 43.2 Å². The van der Waals surface area contributed by atoms with Gasteiger partial charge in [-0.15, -0.1) is 10.2 Å². The largest absolute Gasteiger partial charge is 0.484 e. The van der Waals surface area contributed by atoms with Gasteiger partial charge < -0.3 is 15.4 Å². The molecule has 0 aliphatic rings. The lowest BCUT2D eigenvalue weighted by Crippen LogP contribution is -2.20. The molecule has 3 aromatic heterocycles. The quantitative estimate of drug-likeness (QED) is 0.364. The fourth-order valence-electron chi connectivity index (χ4n) is 3.56. The SMILES string of the molecule is CC(=O)Nc1ccc(OCC(=O)Nc2cccc(-c3ccc4nnc(-c5cccnc5)n4n3)c2)cc1. The van der Waals surface area contributed by atoms with Crippen LogP contribution in [0.5, 0.6) is 5.75 Å². The molecule has 0 saturated carbocycles. The molecule has 0 saturated heterocycles. The summed E-state index contributed by atoms with van der Waals surface area (Å²) < 4.78 is 7.22. The fraction of sp³-hybridized carbons (Fsp3) is 0.0769. The van der Waals surface area contributed by atoms with E-state index in [4.69, 9.17) is 9.84 Å². The highest BCUT2D eigenvalue weighted by Crippen LogP contribution is 2.23. The first kappa shape index (κ1) is 22.7. The van der Waals surface area contributed by atoms with E-state index in [0.717, 1.165) is 11.1 Å². The summed E-state index contributed by atoms with van der Waals surface area (Å²) in [6, 6.07) is 21.6. The van der Waals surface area contributed by atoms with Crippen molar-refractivity contribution in [3.63, 3.8) is 0 Å². The third kappa shape index (κ3) is 5.17. The lowest BCUT2D eigenvalue weighted by atomic mass is 10.1. The number of hydrogen-bond acceptors (Lipinski definition) is 7. The van der Waals surface area contributed by atoms with Crippen molar-refractivity contribution in [2.75, 3.05) is 17.2 Å². The Labute approximate surface area is 206 Å². The van der Waals surface area contributed by atoms with E-state index in [0.29, 0.717) is 34.3 Å². The highest BCUT2D eigenvalue weighted by atomic mass is 16.5. The predicted molar refractivity (Wildman–Crippen MR) is 134 cm³/mol. The zero-order valence-electron chi connectivity index (χ0n) is 19.3. The van der Waals surface area contributed by atoms with E-state index in [9.17, 15) is 9.59 Å². The van der Waals surface area contributed by atoms with Crippen molar-refractivity contribution in [1.29, 1.82) is 0 Å². The van der Waals surface area contributed by atoms with Gasteiger partial charge in [-0.25, -0.2) is 0 Å². The van der Waals surface area contributed by atoms with Gasteiger partial charge in [0.25, 0.3) is 5.91 Å². The normalized spacial score (nSPS) is 10.7. The number of rotatable bonds is 7. The Kier molecular flexibility index (Phi) is 6.31. The second-order valence-electron chi connectivity index (χ2n) is 7.88. The number of amides is 2. The van der Waals surface area contributed by atoms with Crippen molar-refractivity contribution in [3.8, 4) is 28.4 Å². The smallest absolute Gasteiger partial charge is 0.262 e. The fourth-order valence-corrected chi connectivity index (χ4v) is 3.56. The van der Waals surface area contributed by atoms with Crippen LogP contribution in [-0.2, 0) is 9.59 Å². The van der Waals surface area contributed by atoms with E-state index in [2.05, 4.69) is 25.8 Å². The van der Waals surface area contributed by atoms with Crippen LogP contribution in [0.2, 0.25) is 0 Å². The van der Waals surface area contributed by atoms with E-state index < -0.39 is 0 Å². The van der Waals surface area contributed by atoms with Gasteiger partial charge in [-0.3, -0.25) is 14.6 Å². The molecule has 0 spiro atoms. The maximum absolute atomic E-state index is 12.5. The number of nitrogens with one attached hydrogen (secondary N) is 2. The van der Waals surface area contributed by atoms with E-state index in [1.54, 1.807) is 47.2 Å². The van der Waals surface area contributed by atoms with Gasteiger partial charge in [0.05, 0.1) is 5.69 Å². The summed E-state index contributed by atoms with van der Waals surface area (Å²) >= 11 is 0. The molecule has 0 bridgehead atoms. The summed E-state index contributed by atoms with van der Waals surface area (Å²) in [5.41, 5.74) is 4.20. The second kappa shape index (κ2) is 10.0. The average Bonchev–Trinajstić information content (AvgIpc) is 3.32. The topological polar surface area (TPSA) is 123 Å². The molecule has 5 aromatic rings. The number of fused-ring (bicyclic) bond motifs is 1. The summed E-state index contributed by atoms with van der Waals surface area (Å²) in [6.07, 6.45) is 3.40. The molecule has 0 aliphatic carbocycles. The summed E-state index contributed by atoms with van der Waals surface area (Å²) in [6.45, 7) is 1.27. The van der Waals surface area contributed by atoms with Gasteiger partial charge in [0.15, 0.2) is 18.1 Å². The molecule has 10 nitrogen and oxygen atoms in total. The van der Waals surface area contributed by atoms with Crippen molar-refractivity contribution in [3.05, 3.63) is 85.2 Å². The number of pyridine rings is 1. The highest BCUT2D eigenvalue weighted by molar-refractivity contribution is 5.92. The molecule has 0 unspecified atom stereocenters. The molecule has 2 N–H and O–H groups in total. The third-order valence-corrected chi connectivity index (χ3v) is 5.17. The van der Waals surface area contributed by atoms with Crippen molar-refractivity contribution in [2.45, 2.75) is 6.92 Å². The Balaban J connectivity index is 1.28. The number of benzene rings is 2. The first-order valence-corrected chi connectivity index (χ1v) is 11.1. The van der Waals surface area contributed by atoms with Crippen LogP contribution >= 0.6 is 0 Å². The first-order chi connectivity index (χ1) is 17.5. The maximum Gasteiger partial charge on any atom is 0.262 e. The van der Waals surface area contributed by atoms with Crippen LogP contribution in [0, 0.1) is 0 Å². The number of ether oxygens (including phenoxy) is 1. The number of hydrogen-bond donors (Lipinski definition) is 2. The van der Waals surface area contributed by atoms with Gasteiger partial charge in [-0.1, -0.05) is 12.1 Å². The van der Waals surface area contributed by atoms with Gasteiger partial charge in [-0.05, 0) is 60.7 Å². The van der Waals surface area contributed by atoms with Gasteiger partial charge in [-0.2, -0.15) is 9.61 Å². The summed E-state index contributed by atoms with van der Waals surface area (Å²) in [4.78, 5) is 27.7. The molecule has 5 rings (SSSR count). The minimum Gasteiger partial charge on any atom is -0.484 e. The third-order valence-electron chi connectivity index (χ3n) is 5.17. The van der Waals surface area contributed by atoms with Gasteiger partial charge in [0, 0.05) is 41.8 Å². The van der Waals surface area contributed by atoms with Crippen LogP contribution in [0.3, 0.4) is 0 Å². The predicted octanol–water partition coefficient (Wildman–Crippen LogP) is 3.83. The molecule has 0 radical (unpaired) electrons. The van der Waals surface area contributed by atoms with Crippen LogP contribution in [0.4, 0.5) is 11.4 Å². The van der Waals surface area contributed by atoms with Crippen molar-refractivity contribution < 1.29 is 14.3 Å². The minimum atomic E-state index is -0.306. The van der Waals surface area contributed by atoms with Crippen molar-refractivity contribution in [1.82, 2.24) is 24.8 Å². The number of anilines is 2. The minimum absolute atomic E-state index is 0.156. The molecule has 10 heteroatoms. The summed E-state index contributed by atoms with van der Waals surface area (Å²) in [5, 5.41) is 18.6. The Bertz CT molecular complexity index is 1530. The standard InChI is InChI=1S/C26H21N7O3/c1-17(34)28-20-7-9-22(10-8-20)36-16-25(35)29-21-6-2-4-18(14-21)23-11-12-24-30-31-26(33(24)32-23)19-5-3-13-27-15-19/h2-15H,16H2,1H3,(H,28,34)(H,29,35). The Morgan fingerprint density at radius 1 is 0.889 bits per heavy atom. The number of carbonyl (C=O) groups is 2. The molecular weight excluding hydrogens is 458 g/mol. The average molecular weight is 480 g/mol. The van der Waals surface area contributed by atoms with Crippen LogP contribution in [0.25, 0.3) is 28.3 Å². The Hall–Kier alpha value is -5.12. The zero-order valence-corrected chi connectivity index (χ0v) is 19.3. The highest BCUT2D eigenvalue weighted by Gasteiger charge is 2.12. The monoisotopic (exact) mass is 479 g/mol. The van der Waals surface area contributed by atoms with Crippen LogP contribution < -0.4 is 15.4 Å². The summed E-state index contributed by atoms with van der Waals surface area (Å²) in [5.74, 6) is 0.644. The Morgan fingerprint density at radius 3 is 2.50 bits per heavy atom. The molecule has 178 valence electrons. The molecule has 0 aliphatic heterocycles. The maximum atomic E-state index is 12.5. The van der Waals surface area contributed by atoms with Gasteiger partial charge in [0.2, 0.25) is 5.91 Å². The van der Waals surface area contributed by atoms with E-state index >= 15 is 0 Å². The van der Waals surface area contributed by atoms with E-state index in [-0.39, 0.29) is 18.4 Å². The van der Waals surface area contributed by atoms with Crippen LogP contribution in [0.15, 0.2) is 85.2 Å². The lowest BCUT2D eigenvalue weighted by Gasteiger charge is -2.10. The number of aromatic nitrogens is 5. The molecule has 36 heavy (non-hydrogen) atoms. The zero-order chi connectivity index (χ0) is 24.9. The molecule has 0 atom stereocenters. The molecule has 2 amide bonds. The summed E-state index contributed by atoms with van der Waals surface area (Å²) in [7, 11) is 0. The molecule has 3 heterocycles. The molecule has 0 fully saturated rings. The van der Waals surface area contributed by atoms with Gasteiger partial charge in [0.1, 0.15) is 5.75 Å². The Morgan fingerprint density at radius 2 is 1.72 bits per heavy atom. The van der Waals surface area contributed by atoms with E-state index in [1.807, 2.05) is 42.5 Å². The lowest BCUT2D eigenvalue weighted by molar-refractivity contribution is -0.118. The van der Waals surface area contributed by atoms with Gasteiger partial charge >= 0.3 is 0 Å². The van der Waals surface area contributed by atoms with Crippen molar-refractivity contribution in [2.24, 2.45) is 0 Å². The van der Waals surface area contributed by atoms with Crippen LogP contribution in [0.1, 0.15) is 6.92 Å². The molecule has 2 aromatic carbocycles. The van der Waals surface area contributed by atoms with Crippen molar-refractivity contribution >= 4 is 28.8 Å². The van der Waals surface area contributed by atoms with E-state index in [1.165, 1.54) is 6.92 Å². The second-order valence-corrected chi connectivity index (χ2v) is 7.88.